The van der Waals surface area contributed by atoms with E-state index in [1.807, 2.05) is 37.3 Å². The topological polar surface area (TPSA) is 75.2 Å². The largest absolute Gasteiger partial charge is 0.483 e. The molecule has 2 heterocycles. The van der Waals surface area contributed by atoms with Crippen molar-refractivity contribution in [2.75, 3.05) is 0 Å². The normalized spacial score (nSPS) is 16.8. The molecule has 2 aromatic carbocycles. The van der Waals surface area contributed by atoms with Crippen molar-refractivity contribution in [3.63, 3.8) is 0 Å². The Balaban J connectivity index is 1.87. The number of benzene rings is 2. The van der Waals surface area contributed by atoms with Gasteiger partial charge < -0.3 is 14.8 Å². The van der Waals surface area contributed by atoms with Crippen molar-refractivity contribution in [1.82, 2.24) is 9.97 Å². The fourth-order valence-corrected chi connectivity index (χ4v) is 3.23. The van der Waals surface area contributed by atoms with Crippen LogP contribution in [0.15, 0.2) is 36.4 Å². The predicted molar refractivity (Wildman–Crippen MR) is 85.9 cm³/mol. The standard InChI is InChI=1S/C18H16N2O3/c1-10-19-14-9-13(18(21)22)12-7-8-15(11-5-3-2-4-6-11)23-17(12)16(14)20-10/h2-6,9,15H,7-8H2,1H3,(H,19,20)(H,21,22). The minimum atomic E-state index is -0.933. The number of aromatic amines is 1. The molecule has 23 heavy (non-hydrogen) atoms. The number of ether oxygens (including phenoxy) is 1. The molecular formula is C18H16N2O3. The maximum Gasteiger partial charge on any atom is 0.336 e. The van der Waals surface area contributed by atoms with E-state index >= 15 is 0 Å². The van der Waals surface area contributed by atoms with E-state index in [9.17, 15) is 9.90 Å². The Morgan fingerprint density at radius 3 is 2.87 bits per heavy atom. The third-order valence-corrected chi connectivity index (χ3v) is 4.27. The first-order chi connectivity index (χ1) is 11.1. The molecule has 0 fully saturated rings. The summed E-state index contributed by atoms with van der Waals surface area (Å²) in [5.74, 6) is 0.414. The molecule has 0 amide bonds. The smallest absolute Gasteiger partial charge is 0.336 e. The van der Waals surface area contributed by atoms with Crippen LogP contribution in [-0.2, 0) is 6.42 Å². The van der Waals surface area contributed by atoms with Crippen LogP contribution < -0.4 is 4.74 Å². The second kappa shape index (κ2) is 5.12. The molecule has 3 aromatic rings. The van der Waals surface area contributed by atoms with E-state index in [1.54, 1.807) is 6.07 Å². The van der Waals surface area contributed by atoms with Crippen molar-refractivity contribution in [1.29, 1.82) is 0 Å². The van der Waals surface area contributed by atoms with E-state index in [2.05, 4.69) is 9.97 Å². The SMILES string of the molecule is Cc1nc2c3c(c(C(=O)O)cc2[nH]1)CCC(c1ccccc1)O3. The quantitative estimate of drug-likeness (QED) is 0.758. The molecule has 0 spiro atoms. The average Bonchev–Trinajstić information content (AvgIpc) is 2.95. The molecule has 0 bridgehead atoms. The van der Waals surface area contributed by atoms with E-state index in [4.69, 9.17) is 4.74 Å². The van der Waals surface area contributed by atoms with Crippen LogP contribution in [0.1, 0.15) is 39.8 Å². The molecule has 5 heteroatoms. The van der Waals surface area contributed by atoms with Crippen molar-refractivity contribution in [2.45, 2.75) is 25.9 Å². The Morgan fingerprint density at radius 2 is 2.13 bits per heavy atom. The summed E-state index contributed by atoms with van der Waals surface area (Å²) in [6.45, 7) is 1.85. The van der Waals surface area contributed by atoms with Gasteiger partial charge in [-0.05, 0) is 31.4 Å². The molecule has 0 saturated heterocycles. The summed E-state index contributed by atoms with van der Waals surface area (Å²) in [5.41, 5.74) is 3.54. The van der Waals surface area contributed by atoms with E-state index < -0.39 is 5.97 Å². The number of imidazole rings is 1. The molecule has 116 valence electrons. The van der Waals surface area contributed by atoms with Gasteiger partial charge in [0.15, 0.2) is 5.75 Å². The Morgan fingerprint density at radius 1 is 1.35 bits per heavy atom. The fourth-order valence-electron chi connectivity index (χ4n) is 3.23. The zero-order chi connectivity index (χ0) is 16.0. The number of aryl methyl sites for hydroxylation is 1. The fraction of sp³-hybridized carbons (Fsp3) is 0.222. The second-order valence-corrected chi connectivity index (χ2v) is 5.81. The molecule has 0 saturated carbocycles. The molecule has 2 N–H and O–H groups in total. The van der Waals surface area contributed by atoms with Crippen LogP contribution in [-0.4, -0.2) is 21.0 Å². The third kappa shape index (κ3) is 2.25. The molecule has 4 rings (SSSR count). The number of carboxylic acid groups (broad SMARTS) is 1. The molecule has 1 aliphatic rings. The molecular weight excluding hydrogens is 292 g/mol. The van der Waals surface area contributed by atoms with Gasteiger partial charge in [0, 0.05) is 5.56 Å². The molecule has 1 aromatic heterocycles. The van der Waals surface area contributed by atoms with Crippen LogP contribution in [0.2, 0.25) is 0 Å². The van der Waals surface area contributed by atoms with Crippen LogP contribution in [0.3, 0.4) is 0 Å². The van der Waals surface area contributed by atoms with E-state index in [0.717, 1.165) is 23.4 Å². The molecule has 1 aliphatic heterocycles. The number of aromatic nitrogens is 2. The lowest BCUT2D eigenvalue weighted by atomic mass is 9.93. The second-order valence-electron chi connectivity index (χ2n) is 5.81. The van der Waals surface area contributed by atoms with Gasteiger partial charge in [0.1, 0.15) is 17.4 Å². The maximum atomic E-state index is 11.6. The van der Waals surface area contributed by atoms with Gasteiger partial charge in [-0.15, -0.1) is 0 Å². The molecule has 0 radical (unpaired) electrons. The zero-order valence-corrected chi connectivity index (χ0v) is 12.7. The van der Waals surface area contributed by atoms with Crippen LogP contribution in [0, 0.1) is 6.92 Å². The summed E-state index contributed by atoms with van der Waals surface area (Å²) >= 11 is 0. The predicted octanol–water partition coefficient (Wildman–Crippen LogP) is 3.64. The minimum absolute atomic E-state index is 0.0760. The van der Waals surface area contributed by atoms with E-state index in [-0.39, 0.29) is 6.10 Å². The van der Waals surface area contributed by atoms with Gasteiger partial charge in [-0.3, -0.25) is 0 Å². The highest BCUT2D eigenvalue weighted by atomic mass is 16.5. The summed E-state index contributed by atoms with van der Waals surface area (Å²) in [6, 6.07) is 11.7. The average molecular weight is 308 g/mol. The van der Waals surface area contributed by atoms with Gasteiger partial charge in [0.2, 0.25) is 0 Å². The van der Waals surface area contributed by atoms with Crippen LogP contribution in [0.25, 0.3) is 11.0 Å². The van der Waals surface area contributed by atoms with Gasteiger partial charge in [-0.2, -0.15) is 0 Å². The van der Waals surface area contributed by atoms with Gasteiger partial charge in [0.05, 0.1) is 11.1 Å². The lowest BCUT2D eigenvalue weighted by Crippen LogP contribution is -2.18. The monoisotopic (exact) mass is 308 g/mol. The highest BCUT2D eigenvalue weighted by Crippen LogP contribution is 2.41. The number of rotatable bonds is 2. The van der Waals surface area contributed by atoms with Crippen molar-refractivity contribution in [2.24, 2.45) is 0 Å². The highest BCUT2D eigenvalue weighted by molar-refractivity contribution is 5.97. The summed E-state index contributed by atoms with van der Waals surface area (Å²) < 4.78 is 6.19. The Labute approximate surface area is 132 Å². The number of H-pyrrole nitrogens is 1. The zero-order valence-electron chi connectivity index (χ0n) is 12.7. The lowest BCUT2D eigenvalue weighted by molar-refractivity contribution is 0.0693. The van der Waals surface area contributed by atoms with Crippen molar-refractivity contribution in [3.8, 4) is 5.75 Å². The molecule has 1 unspecified atom stereocenters. The number of carbonyl (C=O) groups is 1. The first kappa shape index (κ1) is 13.8. The van der Waals surface area contributed by atoms with Crippen molar-refractivity contribution in [3.05, 3.63) is 58.9 Å². The first-order valence-electron chi connectivity index (χ1n) is 7.60. The number of aromatic carboxylic acids is 1. The minimum Gasteiger partial charge on any atom is -0.483 e. The van der Waals surface area contributed by atoms with Gasteiger partial charge in [-0.25, -0.2) is 9.78 Å². The summed E-state index contributed by atoms with van der Waals surface area (Å²) in [5, 5.41) is 9.50. The van der Waals surface area contributed by atoms with Gasteiger partial charge in [0.25, 0.3) is 0 Å². The Bertz CT molecular complexity index is 900. The van der Waals surface area contributed by atoms with Crippen molar-refractivity contribution < 1.29 is 14.6 Å². The van der Waals surface area contributed by atoms with Gasteiger partial charge >= 0.3 is 5.97 Å². The summed E-state index contributed by atoms with van der Waals surface area (Å²) in [7, 11) is 0. The van der Waals surface area contributed by atoms with E-state index in [1.165, 1.54) is 0 Å². The number of fused-ring (bicyclic) bond motifs is 3. The molecule has 5 nitrogen and oxygen atoms in total. The van der Waals surface area contributed by atoms with Crippen LogP contribution in [0.4, 0.5) is 0 Å². The first-order valence-corrected chi connectivity index (χ1v) is 7.60. The van der Waals surface area contributed by atoms with Crippen LogP contribution >= 0.6 is 0 Å². The highest BCUT2D eigenvalue weighted by Gasteiger charge is 2.28. The van der Waals surface area contributed by atoms with E-state index in [0.29, 0.717) is 28.8 Å². The lowest BCUT2D eigenvalue weighted by Gasteiger charge is -2.27. The summed E-state index contributed by atoms with van der Waals surface area (Å²) in [6.07, 6.45) is 1.35. The van der Waals surface area contributed by atoms with Gasteiger partial charge in [-0.1, -0.05) is 30.3 Å². The van der Waals surface area contributed by atoms with Crippen molar-refractivity contribution >= 4 is 17.0 Å². The number of carboxylic acids is 1. The Hall–Kier alpha value is -2.82. The molecule has 1 atom stereocenters. The van der Waals surface area contributed by atoms with Crippen LogP contribution in [0.5, 0.6) is 5.75 Å². The number of nitrogens with one attached hydrogen (secondary N) is 1. The summed E-state index contributed by atoms with van der Waals surface area (Å²) in [4.78, 5) is 19.2. The molecule has 0 aliphatic carbocycles. The number of hydrogen-bond acceptors (Lipinski definition) is 3. The maximum absolute atomic E-state index is 11.6. The third-order valence-electron chi connectivity index (χ3n) is 4.27. The Kier molecular flexibility index (Phi) is 3.08. The number of hydrogen-bond donors (Lipinski definition) is 2. The number of nitrogens with zero attached hydrogens (tertiary/aromatic N) is 1.